The van der Waals surface area contributed by atoms with E-state index in [1.807, 2.05) is 13.2 Å². The summed E-state index contributed by atoms with van der Waals surface area (Å²) in [4.78, 5) is 29.6. The van der Waals surface area contributed by atoms with Gasteiger partial charge >= 0.3 is 12.0 Å². The van der Waals surface area contributed by atoms with Crippen LogP contribution in [0.1, 0.15) is 38.4 Å². The minimum atomic E-state index is -0.224. The molecule has 136 valence electrons. The molecule has 0 aliphatic heterocycles. The molecule has 1 aromatic heterocycles. The van der Waals surface area contributed by atoms with Crippen molar-refractivity contribution >= 4 is 35.5 Å². The van der Waals surface area contributed by atoms with Crippen LogP contribution in [0.5, 0.6) is 0 Å². The molecule has 1 amide bonds. The number of nitrogens with zero attached hydrogens (tertiary/aromatic N) is 4. The Bertz CT molecular complexity index is 549. The molecule has 0 fully saturated rings. The summed E-state index contributed by atoms with van der Waals surface area (Å²) in [6.45, 7) is 4.24. The van der Waals surface area contributed by atoms with E-state index in [2.05, 4.69) is 10.1 Å². The molecule has 0 bridgehead atoms. The van der Waals surface area contributed by atoms with Crippen molar-refractivity contribution in [2.24, 2.45) is 0 Å². The number of carbonyl (C=O) groups is 2. The monoisotopic (exact) mass is 374 g/mol. The average Bonchev–Trinajstić information content (AvgIpc) is 2.95. The van der Waals surface area contributed by atoms with Crippen molar-refractivity contribution < 1.29 is 14.3 Å². The zero-order chi connectivity index (χ0) is 18.1. The Kier molecular flexibility index (Phi) is 9.20. The van der Waals surface area contributed by atoms with E-state index in [9.17, 15) is 9.59 Å². The van der Waals surface area contributed by atoms with Gasteiger partial charge in [0.15, 0.2) is 11.0 Å². The molecule has 9 heteroatoms. The molecule has 0 aliphatic carbocycles. The van der Waals surface area contributed by atoms with E-state index >= 15 is 0 Å². The van der Waals surface area contributed by atoms with Crippen LogP contribution in [0.3, 0.4) is 0 Å². The van der Waals surface area contributed by atoms with Gasteiger partial charge in [-0.15, -0.1) is 5.10 Å². The third-order valence-electron chi connectivity index (χ3n) is 3.08. The number of aromatic nitrogens is 3. The first-order chi connectivity index (χ1) is 11.4. The molecule has 1 rings (SSSR count). The fraction of sp³-hybridized carbons (Fsp3) is 0.733. The highest BCUT2D eigenvalue weighted by atomic mass is 32.2. The number of hydrogen-bond acceptors (Lipinski definition) is 7. The van der Waals surface area contributed by atoms with E-state index in [-0.39, 0.29) is 17.9 Å². The van der Waals surface area contributed by atoms with Gasteiger partial charge in [0.2, 0.25) is 0 Å². The first-order valence-corrected chi connectivity index (χ1v) is 10.2. The summed E-state index contributed by atoms with van der Waals surface area (Å²) in [6, 6.07) is -0.224. The Hall–Kier alpha value is -1.22. The van der Waals surface area contributed by atoms with E-state index < -0.39 is 0 Å². The number of esters is 1. The van der Waals surface area contributed by atoms with E-state index in [1.54, 1.807) is 32.8 Å². The molecule has 0 spiro atoms. The summed E-state index contributed by atoms with van der Waals surface area (Å²) in [5, 5.41) is 4.95. The fourth-order valence-electron chi connectivity index (χ4n) is 1.87. The number of thioether (sulfide) groups is 2. The van der Waals surface area contributed by atoms with E-state index in [0.29, 0.717) is 36.2 Å². The first kappa shape index (κ1) is 20.8. The molecule has 7 nitrogen and oxygen atoms in total. The predicted octanol–water partition coefficient (Wildman–Crippen LogP) is 2.71. The SMILES string of the molecule is CCOC(=O)CCCSc1nc(C(C)CSC)nn1C(=O)N(C)C. The predicted molar refractivity (Wildman–Crippen MR) is 97.9 cm³/mol. The van der Waals surface area contributed by atoms with Gasteiger partial charge < -0.3 is 9.64 Å². The lowest BCUT2D eigenvalue weighted by Crippen LogP contribution is -2.29. The van der Waals surface area contributed by atoms with Crippen molar-refractivity contribution in [3.8, 4) is 0 Å². The Morgan fingerprint density at radius 3 is 2.67 bits per heavy atom. The number of carbonyl (C=O) groups excluding carboxylic acids is 2. The maximum Gasteiger partial charge on any atom is 0.346 e. The minimum absolute atomic E-state index is 0.176. The standard InChI is InChI=1S/C15H26N4O3S2/c1-6-22-12(20)8-7-9-24-14-16-13(11(2)10-23-5)17-19(14)15(21)18(3)4/h11H,6-10H2,1-5H3. The van der Waals surface area contributed by atoms with Crippen LogP contribution in [-0.2, 0) is 9.53 Å². The molecular formula is C15H26N4O3S2. The summed E-state index contributed by atoms with van der Waals surface area (Å²) >= 11 is 3.16. The van der Waals surface area contributed by atoms with Gasteiger partial charge in [-0.3, -0.25) is 4.79 Å². The maximum absolute atomic E-state index is 12.3. The molecule has 1 aromatic rings. The van der Waals surface area contributed by atoms with E-state index in [0.717, 1.165) is 5.75 Å². The number of amides is 1. The minimum Gasteiger partial charge on any atom is -0.466 e. The third kappa shape index (κ3) is 6.35. The highest BCUT2D eigenvalue weighted by Gasteiger charge is 2.21. The smallest absolute Gasteiger partial charge is 0.346 e. The second-order valence-electron chi connectivity index (χ2n) is 5.45. The van der Waals surface area contributed by atoms with Crippen LogP contribution in [-0.4, -0.2) is 70.1 Å². The normalized spacial score (nSPS) is 12.0. The molecular weight excluding hydrogens is 348 g/mol. The topological polar surface area (TPSA) is 77.3 Å². The van der Waals surface area contributed by atoms with Crippen molar-refractivity contribution in [3.63, 3.8) is 0 Å². The summed E-state index contributed by atoms with van der Waals surface area (Å²) in [6.07, 6.45) is 3.07. The number of ether oxygens (including phenoxy) is 1. The molecule has 0 radical (unpaired) electrons. The second kappa shape index (κ2) is 10.6. The molecule has 1 atom stereocenters. The molecule has 1 unspecified atom stereocenters. The molecule has 1 heterocycles. The summed E-state index contributed by atoms with van der Waals surface area (Å²) in [5.74, 6) is 2.22. The van der Waals surface area contributed by atoms with Gasteiger partial charge in [-0.2, -0.15) is 16.4 Å². The van der Waals surface area contributed by atoms with Crippen LogP contribution in [0.4, 0.5) is 4.79 Å². The zero-order valence-corrected chi connectivity index (χ0v) is 16.6. The Morgan fingerprint density at radius 2 is 2.08 bits per heavy atom. The van der Waals surface area contributed by atoms with Crippen molar-refractivity contribution in [1.29, 1.82) is 0 Å². The molecule has 0 N–H and O–H groups in total. The van der Waals surface area contributed by atoms with Gasteiger partial charge in [-0.25, -0.2) is 9.78 Å². The second-order valence-corrected chi connectivity index (χ2v) is 7.43. The molecule has 0 aromatic carbocycles. The largest absolute Gasteiger partial charge is 0.466 e. The van der Waals surface area contributed by atoms with Crippen molar-refractivity contribution in [1.82, 2.24) is 19.7 Å². The lowest BCUT2D eigenvalue weighted by Gasteiger charge is -2.11. The Labute approximate surface area is 151 Å². The maximum atomic E-state index is 12.3. The summed E-state index contributed by atoms with van der Waals surface area (Å²) in [7, 11) is 3.37. The lowest BCUT2D eigenvalue weighted by atomic mass is 10.2. The van der Waals surface area contributed by atoms with Gasteiger partial charge in [0.05, 0.1) is 6.61 Å². The van der Waals surface area contributed by atoms with Crippen molar-refractivity contribution in [3.05, 3.63) is 5.82 Å². The van der Waals surface area contributed by atoms with Gasteiger partial charge in [-0.1, -0.05) is 18.7 Å². The van der Waals surface area contributed by atoms with Crippen molar-refractivity contribution in [2.45, 2.75) is 37.8 Å². The highest BCUT2D eigenvalue weighted by molar-refractivity contribution is 7.99. The van der Waals surface area contributed by atoms with Gasteiger partial charge in [0, 0.05) is 37.9 Å². The van der Waals surface area contributed by atoms with Crippen LogP contribution in [0.15, 0.2) is 5.16 Å². The van der Waals surface area contributed by atoms with E-state index in [1.165, 1.54) is 21.3 Å². The number of hydrogen-bond donors (Lipinski definition) is 0. The van der Waals surface area contributed by atoms with Crippen LogP contribution in [0.2, 0.25) is 0 Å². The highest BCUT2D eigenvalue weighted by Crippen LogP contribution is 2.22. The number of rotatable bonds is 9. The molecule has 0 saturated heterocycles. The summed E-state index contributed by atoms with van der Waals surface area (Å²) < 4.78 is 6.25. The zero-order valence-electron chi connectivity index (χ0n) is 14.9. The van der Waals surface area contributed by atoms with Crippen molar-refractivity contribution in [2.75, 3.05) is 38.5 Å². The Balaban J connectivity index is 2.75. The van der Waals surface area contributed by atoms with Gasteiger partial charge in [0.25, 0.3) is 0 Å². The Morgan fingerprint density at radius 1 is 1.38 bits per heavy atom. The molecule has 0 aliphatic rings. The fourth-order valence-corrected chi connectivity index (χ4v) is 3.39. The lowest BCUT2D eigenvalue weighted by molar-refractivity contribution is -0.143. The summed E-state index contributed by atoms with van der Waals surface area (Å²) in [5.41, 5.74) is 0. The third-order valence-corrected chi connectivity index (χ3v) is 4.93. The molecule has 24 heavy (non-hydrogen) atoms. The van der Waals surface area contributed by atoms with Crippen LogP contribution in [0.25, 0.3) is 0 Å². The van der Waals surface area contributed by atoms with Crippen LogP contribution >= 0.6 is 23.5 Å². The van der Waals surface area contributed by atoms with Crippen LogP contribution < -0.4 is 0 Å². The average molecular weight is 375 g/mol. The van der Waals surface area contributed by atoms with Gasteiger partial charge in [0.1, 0.15) is 0 Å². The first-order valence-electron chi connectivity index (χ1n) is 7.86. The van der Waals surface area contributed by atoms with Crippen LogP contribution in [0, 0.1) is 0 Å². The van der Waals surface area contributed by atoms with Gasteiger partial charge in [-0.05, 0) is 19.6 Å². The molecule has 0 saturated carbocycles. The quantitative estimate of drug-likeness (QED) is 0.373. The van der Waals surface area contributed by atoms with E-state index in [4.69, 9.17) is 4.74 Å².